The normalized spacial score (nSPS) is 18.6. The van der Waals surface area contributed by atoms with Crippen molar-refractivity contribution in [2.45, 2.75) is 26.3 Å². The van der Waals surface area contributed by atoms with Crippen LogP contribution in [0.2, 0.25) is 0 Å². The highest BCUT2D eigenvalue weighted by Gasteiger charge is 2.29. The molecule has 0 saturated carbocycles. The number of aliphatic carboxylic acids is 1. The zero-order chi connectivity index (χ0) is 15.7. The Morgan fingerprint density at radius 1 is 1.32 bits per heavy atom. The maximum absolute atomic E-state index is 12.8. The van der Waals surface area contributed by atoms with Crippen LogP contribution in [-0.2, 0) is 11.3 Å². The van der Waals surface area contributed by atoms with Crippen molar-refractivity contribution in [3.63, 3.8) is 0 Å². The van der Waals surface area contributed by atoms with Gasteiger partial charge in [0.2, 0.25) is 0 Å². The van der Waals surface area contributed by atoms with Gasteiger partial charge in [-0.3, -0.25) is 9.59 Å². The van der Waals surface area contributed by atoms with Gasteiger partial charge in [-0.25, -0.2) is 0 Å². The standard InChI is InChI=1S/C17H20N2O3/c1-2-18-11-14(13-7-3-4-8-15(13)18)16(20)19-9-5-6-12(10-19)17(21)22/h3-4,7-8,11-12H,2,5-6,9-10H2,1H3,(H,21,22). The van der Waals surface area contributed by atoms with Gasteiger partial charge in [-0.1, -0.05) is 18.2 Å². The Labute approximate surface area is 129 Å². The molecule has 1 unspecified atom stereocenters. The number of para-hydroxylation sites is 1. The summed E-state index contributed by atoms with van der Waals surface area (Å²) >= 11 is 0. The highest BCUT2D eigenvalue weighted by molar-refractivity contribution is 6.07. The highest BCUT2D eigenvalue weighted by Crippen LogP contribution is 2.25. The van der Waals surface area contributed by atoms with Crippen LogP contribution in [0.15, 0.2) is 30.5 Å². The third-order valence-corrected chi connectivity index (χ3v) is 4.42. The van der Waals surface area contributed by atoms with Crippen molar-refractivity contribution in [2.24, 2.45) is 5.92 Å². The van der Waals surface area contributed by atoms with Crippen LogP contribution >= 0.6 is 0 Å². The lowest BCUT2D eigenvalue weighted by molar-refractivity contribution is -0.143. The minimum absolute atomic E-state index is 0.0608. The van der Waals surface area contributed by atoms with E-state index in [9.17, 15) is 14.7 Å². The van der Waals surface area contributed by atoms with Crippen molar-refractivity contribution in [2.75, 3.05) is 13.1 Å². The number of hydrogen-bond acceptors (Lipinski definition) is 2. The van der Waals surface area contributed by atoms with Gasteiger partial charge in [0, 0.05) is 36.7 Å². The third kappa shape index (κ3) is 2.47. The van der Waals surface area contributed by atoms with E-state index in [1.54, 1.807) is 4.90 Å². The second-order valence-electron chi connectivity index (χ2n) is 5.77. The molecule has 2 aromatic rings. The van der Waals surface area contributed by atoms with Crippen molar-refractivity contribution < 1.29 is 14.7 Å². The minimum atomic E-state index is -0.812. The van der Waals surface area contributed by atoms with E-state index in [1.165, 1.54) is 0 Å². The van der Waals surface area contributed by atoms with Crippen molar-refractivity contribution >= 4 is 22.8 Å². The number of carboxylic acid groups (broad SMARTS) is 1. The van der Waals surface area contributed by atoms with Gasteiger partial charge >= 0.3 is 5.97 Å². The number of piperidine rings is 1. The molecule has 116 valence electrons. The molecular formula is C17H20N2O3. The lowest BCUT2D eigenvalue weighted by atomic mass is 9.97. The van der Waals surface area contributed by atoms with E-state index in [1.807, 2.05) is 37.4 Å². The number of carboxylic acids is 1. The maximum Gasteiger partial charge on any atom is 0.308 e. The lowest BCUT2D eigenvalue weighted by Crippen LogP contribution is -2.42. The average molecular weight is 300 g/mol. The van der Waals surface area contributed by atoms with Crippen LogP contribution in [0.1, 0.15) is 30.1 Å². The van der Waals surface area contributed by atoms with Crippen LogP contribution in [0.3, 0.4) is 0 Å². The van der Waals surface area contributed by atoms with Crippen LogP contribution in [-0.4, -0.2) is 39.5 Å². The fraction of sp³-hybridized carbons (Fsp3) is 0.412. The first kappa shape index (κ1) is 14.6. The molecule has 1 aromatic heterocycles. The largest absolute Gasteiger partial charge is 0.481 e. The number of aryl methyl sites for hydroxylation is 1. The van der Waals surface area contributed by atoms with Gasteiger partial charge in [0.15, 0.2) is 0 Å². The maximum atomic E-state index is 12.8. The molecular weight excluding hydrogens is 280 g/mol. The summed E-state index contributed by atoms with van der Waals surface area (Å²) in [5.41, 5.74) is 1.71. The Balaban J connectivity index is 1.94. The molecule has 1 saturated heterocycles. The number of fused-ring (bicyclic) bond motifs is 1. The van der Waals surface area contributed by atoms with E-state index in [0.717, 1.165) is 23.9 Å². The molecule has 22 heavy (non-hydrogen) atoms. The summed E-state index contributed by atoms with van der Waals surface area (Å²) in [5, 5.41) is 10.1. The summed E-state index contributed by atoms with van der Waals surface area (Å²) in [7, 11) is 0. The summed E-state index contributed by atoms with van der Waals surface area (Å²) in [4.78, 5) is 25.7. The number of aromatic nitrogens is 1. The third-order valence-electron chi connectivity index (χ3n) is 4.42. The molecule has 1 N–H and O–H groups in total. The quantitative estimate of drug-likeness (QED) is 0.947. The predicted molar refractivity (Wildman–Crippen MR) is 83.9 cm³/mol. The Morgan fingerprint density at radius 2 is 2.09 bits per heavy atom. The van der Waals surface area contributed by atoms with E-state index < -0.39 is 11.9 Å². The van der Waals surface area contributed by atoms with Crippen LogP contribution < -0.4 is 0 Å². The van der Waals surface area contributed by atoms with Crippen molar-refractivity contribution in [1.29, 1.82) is 0 Å². The van der Waals surface area contributed by atoms with Gasteiger partial charge in [0.05, 0.1) is 11.5 Å². The summed E-state index contributed by atoms with van der Waals surface area (Å²) in [6, 6.07) is 7.85. The first-order chi connectivity index (χ1) is 10.6. The highest BCUT2D eigenvalue weighted by atomic mass is 16.4. The Kier molecular flexibility index (Phi) is 3.88. The molecule has 5 nitrogen and oxygen atoms in total. The number of carbonyl (C=O) groups is 2. The topological polar surface area (TPSA) is 62.5 Å². The zero-order valence-electron chi connectivity index (χ0n) is 12.7. The van der Waals surface area contributed by atoms with Gasteiger partial charge in [-0.2, -0.15) is 0 Å². The molecule has 1 amide bonds. The second-order valence-corrected chi connectivity index (χ2v) is 5.77. The smallest absolute Gasteiger partial charge is 0.308 e. The van der Waals surface area contributed by atoms with Gasteiger partial charge in [-0.15, -0.1) is 0 Å². The van der Waals surface area contributed by atoms with Crippen LogP contribution in [0, 0.1) is 5.92 Å². The molecule has 5 heteroatoms. The van der Waals surface area contributed by atoms with Crippen LogP contribution in [0.25, 0.3) is 10.9 Å². The van der Waals surface area contributed by atoms with E-state index in [2.05, 4.69) is 4.57 Å². The van der Waals surface area contributed by atoms with Gasteiger partial charge in [0.25, 0.3) is 5.91 Å². The SMILES string of the molecule is CCn1cc(C(=O)N2CCCC(C(=O)O)C2)c2ccccc21. The van der Waals surface area contributed by atoms with Gasteiger partial charge < -0.3 is 14.6 Å². The number of nitrogens with zero attached hydrogens (tertiary/aromatic N) is 2. The number of rotatable bonds is 3. The molecule has 0 aliphatic carbocycles. The van der Waals surface area contributed by atoms with E-state index in [4.69, 9.17) is 0 Å². The second kappa shape index (κ2) is 5.83. The molecule has 0 spiro atoms. The van der Waals surface area contributed by atoms with Crippen LogP contribution in [0.4, 0.5) is 0 Å². The molecule has 2 heterocycles. The molecule has 1 atom stereocenters. The Morgan fingerprint density at radius 3 is 2.82 bits per heavy atom. The number of benzene rings is 1. The van der Waals surface area contributed by atoms with E-state index >= 15 is 0 Å². The summed E-state index contributed by atoms with van der Waals surface area (Å²) < 4.78 is 2.06. The number of amides is 1. The Bertz CT molecular complexity index is 720. The number of likely N-dealkylation sites (tertiary alicyclic amines) is 1. The summed E-state index contributed by atoms with van der Waals surface area (Å²) in [6.07, 6.45) is 3.28. The minimum Gasteiger partial charge on any atom is -0.481 e. The predicted octanol–water partition coefficient (Wildman–Crippen LogP) is 2.60. The fourth-order valence-corrected chi connectivity index (χ4v) is 3.21. The van der Waals surface area contributed by atoms with E-state index in [0.29, 0.717) is 25.1 Å². The average Bonchev–Trinajstić information content (AvgIpc) is 2.93. The molecule has 1 aliphatic heterocycles. The molecule has 0 radical (unpaired) electrons. The van der Waals surface area contributed by atoms with Gasteiger partial charge in [0.1, 0.15) is 0 Å². The lowest BCUT2D eigenvalue weighted by Gasteiger charge is -2.30. The molecule has 0 bridgehead atoms. The molecule has 1 aliphatic rings. The van der Waals surface area contributed by atoms with Crippen molar-refractivity contribution in [1.82, 2.24) is 9.47 Å². The Hall–Kier alpha value is -2.30. The zero-order valence-corrected chi connectivity index (χ0v) is 12.7. The van der Waals surface area contributed by atoms with E-state index in [-0.39, 0.29) is 5.91 Å². The molecule has 3 rings (SSSR count). The van der Waals surface area contributed by atoms with Gasteiger partial charge in [-0.05, 0) is 25.8 Å². The van der Waals surface area contributed by atoms with Crippen molar-refractivity contribution in [3.05, 3.63) is 36.0 Å². The first-order valence-electron chi connectivity index (χ1n) is 7.71. The number of carbonyl (C=O) groups excluding carboxylic acids is 1. The fourth-order valence-electron chi connectivity index (χ4n) is 3.21. The monoisotopic (exact) mass is 300 g/mol. The number of hydrogen-bond donors (Lipinski definition) is 1. The first-order valence-corrected chi connectivity index (χ1v) is 7.71. The summed E-state index contributed by atoms with van der Waals surface area (Å²) in [5.74, 6) is -1.32. The summed E-state index contributed by atoms with van der Waals surface area (Å²) in [6.45, 7) is 3.78. The molecule has 1 fully saturated rings. The van der Waals surface area contributed by atoms with Crippen LogP contribution in [0.5, 0.6) is 0 Å². The molecule has 1 aromatic carbocycles. The van der Waals surface area contributed by atoms with Crippen molar-refractivity contribution in [3.8, 4) is 0 Å².